The summed E-state index contributed by atoms with van der Waals surface area (Å²) in [5.74, 6) is 0.680. The lowest BCUT2D eigenvalue weighted by Gasteiger charge is -2.33. The van der Waals surface area contributed by atoms with E-state index in [-0.39, 0.29) is 5.91 Å². The summed E-state index contributed by atoms with van der Waals surface area (Å²) in [4.78, 5) is 14.2. The zero-order valence-corrected chi connectivity index (χ0v) is 10.2. The van der Waals surface area contributed by atoms with Crippen LogP contribution in [-0.4, -0.2) is 38.9 Å². The second kappa shape index (κ2) is 4.35. The number of likely N-dealkylation sites (tertiary alicyclic amines) is 1. The first-order chi connectivity index (χ1) is 7.18. The number of alkyl halides is 1. The van der Waals surface area contributed by atoms with E-state index in [2.05, 4.69) is 33.1 Å². The molecule has 0 saturated carbocycles. The van der Waals surface area contributed by atoms with Gasteiger partial charge >= 0.3 is 0 Å². The highest BCUT2D eigenvalue weighted by atomic mass is 79.9. The number of nitrogens with one attached hydrogen (secondary N) is 1. The number of H-pyrrole nitrogens is 1. The van der Waals surface area contributed by atoms with Gasteiger partial charge in [-0.1, -0.05) is 22.9 Å². The largest absolute Gasteiger partial charge is 0.336 e. The second-order valence-corrected chi connectivity index (χ2v) is 5.18. The van der Waals surface area contributed by atoms with E-state index in [1.165, 1.54) is 0 Å². The minimum Gasteiger partial charge on any atom is -0.336 e. The molecule has 1 amide bonds. The van der Waals surface area contributed by atoms with Crippen LogP contribution in [-0.2, 0) is 0 Å². The van der Waals surface area contributed by atoms with Crippen molar-refractivity contribution in [3.05, 3.63) is 18.0 Å². The number of piperidine rings is 1. The Morgan fingerprint density at radius 1 is 1.73 bits per heavy atom. The van der Waals surface area contributed by atoms with Crippen molar-refractivity contribution < 1.29 is 4.79 Å². The molecule has 0 radical (unpaired) electrons. The fourth-order valence-corrected chi connectivity index (χ4v) is 2.37. The minimum absolute atomic E-state index is 0.0452. The van der Waals surface area contributed by atoms with Gasteiger partial charge in [-0.05, 0) is 18.4 Å². The van der Waals surface area contributed by atoms with Gasteiger partial charge in [0.1, 0.15) is 5.69 Å². The number of carbonyl (C=O) groups is 1. The molecule has 5 heteroatoms. The smallest absolute Gasteiger partial charge is 0.271 e. The normalized spacial score (nSPS) is 26.7. The molecule has 1 aliphatic heterocycles. The third-order valence-electron chi connectivity index (χ3n) is 2.88. The molecule has 0 bridgehead atoms. The third-order valence-corrected chi connectivity index (χ3v) is 4.08. The quantitative estimate of drug-likeness (QED) is 0.790. The van der Waals surface area contributed by atoms with Gasteiger partial charge in [-0.2, -0.15) is 5.10 Å². The Morgan fingerprint density at radius 3 is 3.13 bits per heavy atom. The Bertz CT molecular complexity index is 338. The zero-order chi connectivity index (χ0) is 10.8. The summed E-state index contributed by atoms with van der Waals surface area (Å²) in [6.45, 7) is 3.82. The molecule has 0 aromatic carbocycles. The number of hydrogen-bond donors (Lipinski definition) is 1. The van der Waals surface area contributed by atoms with E-state index in [4.69, 9.17) is 0 Å². The molecule has 2 heterocycles. The van der Waals surface area contributed by atoms with Gasteiger partial charge in [0.2, 0.25) is 0 Å². The number of aromatic nitrogens is 2. The van der Waals surface area contributed by atoms with Gasteiger partial charge in [0.05, 0.1) is 0 Å². The lowest BCUT2D eigenvalue weighted by atomic mass is 9.99. The van der Waals surface area contributed by atoms with E-state index in [0.717, 1.165) is 19.5 Å². The fourth-order valence-electron chi connectivity index (χ4n) is 1.75. The summed E-state index contributed by atoms with van der Waals surface area (Å²) in [7, 11) is 0. The van der Waals surface area contributed by atoms with Crippen molar-refractivity contribution in [3.63, 3.8) is 0 Å². The lowest BCUT2D eigenvalue weighted by Crippen LogP contribution is -2.43. The molecule has 1 aromatic rings. The maximum atomic E-state index is 11.9. The number of hydrogen-bond acceptors (Lipinski definition) is 2. The van der Waals surface area contributed by atoms with Crippen LogP contribution in [0.2, 0.25) is 0 Å². The average molecular weight is 272 g/mol. The average Bonchev–Trinajstić information content (AvgIpc) is 2.74. The summed E-state index contributed by atoms with van der Waals surface area (Å²) < 4.78 is 0. The van der Waals surface area contributed by atoms with E-state index in [0.29, 0.717) is 16.4 Å². The number of amides is 1. The summed E-state index contributed by atoms with van der Waals surface area (Å²) in [5.41, 5.74) is 0.573. The van der Waals surface area contributed by atoms with E-state index < -0.39 is 0 Å². The highest BCUT2D eigenvalue weighted by Gasteiger charge is 2.27. The highest BCUT2D eigenvalue weighted by Crippen LogP contribution is 2.23. The maximum absolute atomic E-state index is 11.9. The molecule has 0 aliphatic carbocycles. The number of rotatable bonds is 1. The summed E-state index contributed by atoms with van der Waals surface area (Å²) >= 11 is 3.61. The molecule has 0 spiro atoms. The highest BCUT2D eigenvalue weighted by molar-refractivity contribution is 9.09. The third kappa shape index (κ3) is 2.22. The fraction of sp³-hybridized carbons (Fsp3) is 0.600. The van der Waals surface area contributed by atoms with Gasteiger partial charge in [0.25, 0.3) is 5.91 Å². The molecule has 1 aromatic heterocycles. The molecular weight excluding hydrogens is 258 g/mol. The Labute approximate surface area is 97.2 Å². The molecule has 1 saturated heterocycles. The van der Waals surface area contributed by atoms with Crippen molar-refractivity contribution in [3.8, 4) is 0 Å². The van der Waals surface area contributed by atoms with Gasteiger partial charge in [0, 0.05) is 24.1 Å². The van der Waals surface area contributed by atoms with E-state index in [9.17, 15) is 4.79 Å². The van der Waals surface area contributed by atoms with Crippen LogP contribution in [0.4, 0.5) is 0 Å². The summed E-state index contributed by atoms with van der Waals surface area (Å²) in [6, 6.07) is 1.71. The Morgan fingerprint density at radius 2 is 2.53 bits per heavy atom. The van der Waals surface area contributed by atoms with Crippen LogP contribution in [0.25, 0.3) is 0 Å². The van der Waals surface area contributed by atoms with Gasteiger partial charge in [-0.15, -0.1) is 0 Å². The van der Waals surface area contributed by atoms with Crippen molar-refractivity contribution >= 4 is 21.8 Å². The molecule has 1 aliphatic rings. The Hall–Kier alpha value is -0.840. The monoisotopic (exact) mass is 271 g/mol. The SMILES string of the molecule is CC1CCN(C(=O)c2ccn[nH]2)CC1Br. The van der Waals surface area contributed by atoms with Crippen LogP contribution in [0.5, 0.6) is 0 Å². The number of carbonyl (C=O) groups excluding carboxylic acids is 1. The van der Waals surface area contributed by atoms with Crippen LogP contribution < -0.4 is 0 Å². The molecule has 1 N–H and O–H groups in total. The number of aromatic amines is 1. The lowest BCUT2D eigenvalue weighted by molar-refractivity contribution is 0.0700. The first kappa shape index (κ1) is 10.7. The van der Waals surface area contributed by atoms with E-state index in [1.807, 2.05) is 4.90 Å². The number of halogens is 1. The van der Waals surface area contributed by atoms with Crippen molar-refractivity contribution in [1.29, 1.82) is 0 Å². The molecule has 4 nitrogen and oxygen atoms in total. The summed E-state index contributed by atoms with van der Waals surface area (Å²) in [5, 5.41) is 6.49. The van der Waals surface area contributed by atoms with Crippen molar-refractivity contribution in [2.75, 3.05) is 13.1 Å². The summed E-state index contributed by atoms with van der Waals surface area (Å²) in [6.07, 6.45) is 2.65. The topological polar surface area (TPSA) is 49.0 Å². The van der Waals surface area contributed by atoms with Crippen molar-refractivity contribution in [2.24, 2.45) is 5.92 Å². The van der Waals surface area contributed by atoms with Crippen molar-refractivity contribution in [1.82, 2.24) is 15.1 Å². The first-order valence-electron chi connectivity index (χ1n) is 5.11. The molecule has 2 atom stereocenters. The second-order valence-electron chi connectivity index (χ2n) is 4.00. The van der Waals surface area contributed by atoms with Gasteiger partial charge in [0.15, 0.2) is 0 Å². The van der Waals surface area contributed by atoms with Gasteiger partial charge in [-0.3, -0.25) is 9.89 Å². The zero-order valence-electron chi connectivity index (χ0n) is 8.61. The van der Waals surface area contributed by atoms with Gasteiger partial charge < -0.3 is 4.90 Å². The number of nitrogens with zero attached hydrogens (tertiary/aromatic N) is 2. The van der Waals surface area contributed by atoms with Crippen LogP contribution in [0.1, 0.15) is 23.8 Å². The predicted octanol–water partition coefficient (Wildman–Crippen LogP) is 1.66. The molecule has 2 rings (SSSR count). The van der Waals surface area contributed by atoms with Crippen LogP contribution in [0, 0.1) is 5.92 Å². The Kier molecular flexibility index (Phi) is 3.09. The van der Waals surface area contributed by atoms with Crippen LogP contribution in [0.15, 0.2) is 12.3 Å². The predicted molar refractivity (Wildman–Crippen MR) is 61.0 cm³/mol. The Balaban J connectivity index is 2.03. The maximum Gasteiger partial charge on any atom is 0.271 e. The van der Waals surface area contributed by atoms with Gasteiger partial charge in [-0.25, -0.2) is 0 Å². The standard InChI is InChI=1S/C10H14BrN3O/c1-7-3-5-14(6-8(7)11)10(15)9-2-4-12-13-9/h2,4,7-8H,3,5-6H2,1H3,(H,12,13). The van der Waals surface area contributed by atoms with E-state index >= 15 is 0 Å². The molecular formula is C10H14BrN3O. The molecule has 1 fully saturated rings. The van der Waals surface area contributed by atoms with Crippen molar-refractivity contribution in [2.45, 2.75) is 18.2 Å². The molecule has 82 valence electrons. The minimum atomic E-state index is 0.0452. The first-order valence-corrected chi connectivity index (χ1v) is 6.03. The van der Waals surface area contributed by atoms with Crippen LogP contribution in [0.3, 0.4) is 0 Å². The van der Waals surface area contributed by atoms with Crippen LogP contribution >= 0.6 is 15.9 Å². The van der Waals surface area contributed by atoms with E-state index in [1.54, 1.807) is 12.3 Å². The molecule has 15 heavy (non-hydrogen) atoms. The molecule has 2 unspecified atom stereocenters.